The molecule has 0 heterocycles. The Morgan fingerprint density at radius 2 is 1.88 bits per heavy atom. The van der Waals surface area contributed by atoms with E-state index in [4.69, 9.17) is 5.11 Å². The Morgan fingerprint density at radius 1 is 1.38 bits per heavy atom. The van der Waals surface area contributed by atoms with Crippen LogP contribution in [0.15, 0.2) is 12.1 Å². The van der Waals surface area contributed by atoms with Gasteiger partial charge in [-0.25, -0.2) is 18.0 Å². The van der Waals surface area contributed by atoms with Crippen LogP contribution in [0.5, 0.6) is 0 Å². The second kappa shape index (κ2) is 4.87. The zero-order chi connectivity index (χ0) is 12.3. The topological polar surface area (TPSA) is 49.3 Å². The molecular formula is C10H10F3NO2. The highest BCUT2D eigenvalue weighted by molar-refractivity contribution is 5.77. The number of carbonyl (C=O) groups is 1. The van der Waals surface area contributed by atoms with Crippen LogP contribution < -0.4 is 5.32 Å². The van der Waals surface area contributed by atoms with E-state index in [9.17, 15) is 18.0 Å². The number of nitrogens with one attached hydrogen (secondary N) is 1. The van der Waals surface area contributed by atoms with Gasteiger partial charge in [0.05, 0.1) is 0 Å². The Balaban J connectivity index is 3.01. The molecule has 0 aliphatic rings. The number of hydrogen-bond acceptors (Lipinski definition) is 2. The third-order valence-corrected chi connectivity index (χ3v) is 2.03. The van der Waals surface area contributed by atoms with Crippen molar-refractivity contribution in [2.45, 2.75) is 19.4 Å². The maximum Gasteiger partial charge on any atom is 0.326 e. The van der Waals surface area contributed by atoms with Crippen molar-refractivity contribution in [1.82, 2.24) is 0 Å². The van der Waals surface area contributed by atoms with Gasteiger partial charge in [-0.2, -0.15) is 0 Å². The Kier molecular flexibility index (Phi) is 3.76. The van der Waals surface area contributed by atoms with Gasteiger partial charge in [0.15, 0.2) is 11.6 Å². The van der Waals surface area contributed by atoms with Crippen molar-refractivity contribution >= 4 is 11.7 Å². The second-order valence-electron chi connectivity index (χ2n) is 3.19. The van der Waals surface area contributed by atoms with Crippen LogP contribution in [-0.4, -0.2) is 17.1 Å². The van der Waals surface area contributed by atoms with E-state index in [1.54, 1.807) is 6.92 Å². The third-order valence-electron chi connectivity index (χ3n) is 2.03. The lowest BCUT2D eigenvalue weighted by atomic mass is 10.2. The molecule has 0 amide bonds. The van der Waals surface area contributed by atoms with Crippen LogP contribution in [0.25, 0.3) is 0 Å². The molecule has 16 heavy (non-hydrogen) atoms. The van der Waals surface area contributed by atoms with Gasteiger partial charge in [0.1, 0.15) is 17.5 Å². The van der Waals surface area contributed by atoms with E-state index < -0.39 is 35.2 Å². The molecule has 0 aromatic heterocycles. The van der Waals surface area contributed by atoms with Gasteiger partial charge in [-0.05, 0) is 6.42 Å². The Labute approximate surface area is 89.9 Å². The largest absolute Gasteiger partial charge is 0.480 e. The standard InChI is InChI=1S/C10H10F3NO2/c1-2-8(10(15)16)14-9-6(12)3-5(11)4-7(9)13/h3-4,8,14H,2H2,1H3,(H,15,16)/t8-/m1/s1. The minimum Gasteiger partial charge on any atom is -0.480 e. The van der Waals surface area contributed by atoms with Gasteiger partial charge in [0.25, 0.3) is 0 Å². The van der Waals surface area contributed by atoms with E-state index in [2.05, 4.69) is 5.32 Å². The molecule has 0 aliphatic carbocycles. The highest BCUT2D eigenvalue weighted by atomic mass is 19.1. The Bertz CT molecular complexity index is 386. The first-order valence-corrected chi connectivity index (χ1v) is 4.59. The summed E-state index contributed by atoms with van der Waals surface area (Å²) in [5, 5.41) is 10.9. The number of anilines is 1. The van der Waals surface area contributed by atoms with Crippen molar-refractivity contribution in [3.8, 4) is 0 Å². The van der Waals surface area contributed by atoms with Crippen LogP contribution in [0.3, 0.4) is 0 Å². The highest BCUT2D eigenvalue weighted by Gasteiger charge is 2.19. The molecule has 3 nitrogen and oxygen atoms in total. The molecule has 0 fully saturated rings. The fourth-order valence-corrected chi connectivity index (χ4v) is 1.19. The minimum atomic E-state index is -1.23. The molecule has 1 aromatic rings. The summed E-state index contributed by atoms with van der Waals surface area (Å²) in [5.74, 6) is -4.59. The number of halogens is 3. The van der Waals surface area contributed by atoms with Gasteiger partial charge in [-0.1, -0.05) is 6.92 Å². The average Bonchev–Trinajstić information content (AvgIpc) is 2.15. The van der Waals surface area contributed by atoms with Crippen molar-refractivity contribution < 1.29 is 23.1 Å². The van der Waals surface area contributed by atoms with Crippen LogP contribution in [0.4, 0.5) is 18.9 Å². The lowest BCUT2D eigenvalue weighted by Crippen LogP contribution is -2.29. The fraction of sp³-hybridized carbons (Fsp3) is 0.300. The molecule has 0 saturated heterocycles. The predicted molar refractivity (Wildman–Crippen MR) is 51.7 cm³/mol. The summed E-state index contributed by atoms with van der Waals surface area (Å²) in [6.45, 7) is 1.55. The lowest BCUT2D eigenvalue weighted by molar-refractivity contribution is -0.137. The predicted octanol–water partition coefficient (Wildman–Crippen LogP) is 2.38. The molecule has 1 atom stereocenters. The zero-order valence-electron chi connectivity index (χ0n) is 8.43. The quantitative estimate of drug-likeness (QED) is 0.839. The first-order valence-electron chi connectivity index (χ1n) is 4.59. The molecule has 0 saturated carbocycles. The van der Waals surface area contributed by atoms with E-state index in [1.807, 2.05) is 0 Å². The van der Waals surface area contributed by atoms with Crippen molar-refractivity contribution in [2.75, 3.05) is 5.32 Å². The second-order valence-corrected chi connectivity index (χ2v) is 3.19. The van der Waals surface area contributed by atoms with Crippen LogP contribution in [-0.2, 0) is 4.79 Å². The third kappa shape index (κ3) is 2.65. The average molecular weight is 233 g/mol. The van der Waals surface area contributed by atoms with Gasteiger partial charge < -0.3 is 10.4 Å². The van der Waals surface area contributed by atoms with E-state index in [0.29, 0.717) is 12.1 Å². The van der Waals surface area contributed by atoms with E-state index >= 15 is 0 Å². The molecule has 0 bridgehead atoms. The number of hydrogen-bond donors (Lipinski definition) is 2. The molecule has 2 N–H and O–H groups in total. The van der Waals surface area contributed by atoms with Crippen molar-refractivity contribution in [3.63, 3.8) is 0 Å². The van der Waals surface area contributed by atoms with Crippen molar-refractivity contribution in [3.05, 3.63) is 29.6 Å². The smallest absolute Gasteiger partial charge is 0.326 e. The Hall–Kier alpha value is -1.72. The summed E-state index contributed by atoms with van der Waals surface area (Å²) in [5.41, 5.74) is -0.629. The summed E-state index contributed by atoms with van der Waals surface area (Å²) in [6.07, 6.45) is 0.144. The first kappa shape index (κ1) is 12.4. The molecule has 0 aliphatic heterocycles. The maximum absolute atomic E-state index is 13.1. The highest BCUT2D eigenvalue weighted by Crippen LogP contribution is 2.21. The summed E-state index contributed by atoms with van der Waals surface area (Å²) < 4.78 is 38.8. The van der Waals surface area contributed by atoms with Crippen LogP contribution in [0.2, 0.25) is 0 Å². The SMILES string of the molecule is CC[C@@H](Nc1c(F)cc(F)cc1F)C(=O)O. The number of carboxylic acids is 1. The maximum atomic E-state index is 13.1. The lowest BCUT2D eigenvalue weighted by Gasteiger charge is -2.14. The first-order chi connectivity index (χ1) is 7.45. The number of carboxylic acid groups (broad SMARTS) is 1. The molecule has 0 radical (unpaired) electrons. The summed E-state index contributed by atoms with van der Waals surface area (Å²) in [6, 6.07) is -0.144. The van der Waals surface area contributed by atoms with Crippen LogP contribution in [0.1, 0.15) is 13.3 Å². The number of rotatable bonds is 4. The van der Waals surface area contributed by atoms with Gasteiger partial charge >= 0.3 is 5.97 Å². The van der Waals surface area contributed by atoms with Crippen LogP contribution in [0, 0.1) is 17.5 Å². The zero-order valence-corrected chi connectivity index (χ0v) is 8.43. The molecular weight excluding hydrogens is 223 g/mol. The van der Waals surface area contributed by atoms with Gasteiger partial charge in [-0.3, -0.25) is 0 Å². The van der Waals surface area contributed by atoms with Gasteiger partial charge in [0.2, 0.25) is 0 Å². The van der Waals surface area contributed by atoms with Crippen molar-refractivity contribution in [2.24, 2.45) is 0 Å². The van der Waals surface area contributed by atoms with Gasteiger partial charge in [-0.15, -0.1) is 0 Å². The molecule has 1 aromatic carbocycles. The minimum absolute atomic E-state index is 0.144. The molecule has 0 unspecified atom stereocenters. The number of aliphatic carboxylic acids is 1. The monoisotopic (exact) mass is 233 g/mol. The summed E-state index contributed by atoms with van der Waals surface area (Å²) in [4.78, 5) is 10.6. The Morgan fingerprint density at radius 3 is 2.25 bits per heavy atom. The fourth-order valence-electron chi connectivity index (χ4n) is 1.19. The van der Waals surface area contributed by atoms with E-state index in [0.717, 1.165) is 0 Å². The molecule has 1 rings (SSSR count). The van der Waals surface area contributed by atoms with E-state index in [-0.39, 0.29) is 6.42 Å². The van der Waals surface area contributed by atoms with E-state index in [1.165, 1.54) is 0 Å². The molecule has 6 heteroatoms. The summed E-state index contributed by atoms with van der Waals surface area (Å²) in [7, 11) is 0. The van der Waals surface area contributed by atoms with Gasteiger partial charge in [0, 0.05) is 12.1 Å². The van der Waals surface area contributed by atoms with Crippen molar-refractivity contribution in [1.29, 1.82) is 0 Å². The molecule has 0 spiro atoms. The molecule has 88 valence electrons. The summed E-state index contributed by atoms with van der Waals surface area (Å²) >= 11 is 0. The normalized spacial score (nSPS) is 12.2. The number of benzene rings is 1. The van der Waals surface area contributed by atoms with Crippen LogP contribution >= 0.6 is 0 Å².